The summed E-state index contributed by atoms with van der Waals surface area (Å²) in [6.07, 6.45) is 2.36. The first-order valence-corrected chi connectivity index (χ1v) is 12.0. The average Bonchev–Trinajstić information content (AvgIpc) is 2.77. The van der Waals surface area contributed by atoms with Crippen LogP contribution in [0.15, 0.2) is 42.0 Å². The summed E-state index contributed by atoms with van der Waals surface area (Å²) in [5.74, 6) is 0. The van der Waals surface area contributed by atoms with E-state index >= 15 is 0 Å². The number of halogens is 1. The predicted molar refractivity (Wildman–Crippen MR) is 101 cm³/mol. The second-order valence-electron chi connectivity index (χ2n) is 7.01. The van der Waals surface area contributed by atoms with E-state index in [0.717, 1.165) is 0 Å². The van der Waals surface area contributed by atoms with Crippen molar-refractivity contribution in [1.82, 2.24) is 0 Å². The lowest BCUT2D eigenvalue weighted by molar-refractivity contribution is 1.07. The van der Waals surface area contributed by atoms with Crippen molar-refractivity contribution in [2.45, 2.75) is 39.4 Å². The molecule has 2 aromatic rings. The maximum Gasteiger partial charge on any atom is 0.161 e. The van der Waals surface area contributed by atoms with E-state index < -0.39 is 7.38 Å². The van der Waals surface area contributed by atoms with E-state index in [1.165, 1.54) is 39.0 Å². The largest absolute Gasteiger partial charge is 0.167 e. The second kappa shape index (κ2) is 5.40. The number of hydrogen-bond donors (Lipinski definition) is 0. The molecule has 1 aliphatic rings. The monoisotopic (exact) mass is 326 g/mol. The highest BCUT2D eigenvalue weighted by molar-refractivity contribution is 7.20. The molecule has 0 aromatic heterocycles. The van der Waals surface area contributed by atoms with Gasteiger partial charge in [-0.25, -0.2) is 0 Å². The Morgan fingerprint density at radius 2 is 1.73 bits per heavy atom. The van der Waals surface area contributed by atoms with Crippen molar-refractivity contribution >= 4 is 24.5 Å². The van der Waals surface area contributed by atoms with Crippen LogP contribution in [0.1, 0.15) is 34.7 Å². The number of allylic oxidation sites excluding steroid dienone is 1. The maximum absolute atomic E-state index is 6.86. The molecule has 3 rings (SSSR count). The van der Waals surface area contributed by atoms with Crippen LogP contribution in [0.25, 0.3) is 17.2 Å². The van der Waals surface area contributed by atoms with Gasteiger partial charge in [0, 0.05) is 5.54 Å². The lowest BCUT2D eigenvalue weighted by atomic mass is 9.93. The first kappa shape index (κ1) is 15.6. The van der Waals surface area contributed by atoms with Gasteiger partial charge >= 0.3 is 0 Å². The van der Waals surface area contributed by atoms with Gasteiger partial charge in [-0.3, -0.25) is 0 Å². The van der Waals surface area contributed by atoms with Gasteiger partial charge < -0.3 is 0 Å². The highest BCUT2D eigenvalue weighted by Gasteiger charge is 2.38. The van der Waals surface area contributed by atoms with E-state index in [0.29, 0.717) is 5.54 Å². The van der Waals surface area contributed by atoms with Gasteiger partial charge in [0.15, 0.2) is 7.38 Å². The number of rotatable bonds is 2. The summed E-state index contributed by atoms with van der Waals surface area (Å²) in [4.78, 5) is 0. The minimum atomic E-state index is -1.80. The van der Waals surface area contributed by atoms with Gasteiger partial charge in [0.05, 0.1) is 0 Å². The quantitative estimate of drug-likeness (QED) is 0.439. The Morgan fingerprint density at radius 1 is 1.00 bits per heavy atom. The van der Waals surface area contributed by atoms with Crippen molar-refractivity contribution in [3.8, 4) is 11.1 Å². The fourth-order valence-corrected chi connectivity index (χ4v) is 6.85. The molecule has 22 heavy (non-hydrogen) atoms. The number of benzene rings is 2. The molecule has 114 valence electrons. The topological polar surface area (TPSA) is 0 Å². The predicted octanol–water partition coefficient (Wildman–Crippen LogP) is 6.45. The SMILES string of the molecule is CC1=Cc2c(-c3cccc(C)c3)ccc(C)c2C1[Si](C)(C)Cl. The summed E-state index contributed by atoms with van der Waals surface area (Å²) in [5.41, 5.74) is 9.99. The normalized spacial score (nSPS) is 17.4. The zero-order valence-corrected chi connectivity index (χ0v) is 15.8. The second-order valence-corrected chi connectivity index (χ2v) is 13.6. The van der Waals surface area contributed by atoms with Crippen molar-refractivity contribution in [3.05, 3.63) is 64.2 Å². The van der Waals surface area contributed by atoms with Gasteiger partial charge in [-0.2, -0.15) is 11.1 Å². The van der Waals surface area contributed by atoms with Crippen LogP contribution >= 0.6 is 11.1 Å². The third-order valence-electron chi connectivity index (χ3n) is 4.64. The van der Waals surface area contributed by atoms with E-state index in [-0.39, 0.29) is 0 Å². The summed E-state index contributed by atoms with van der Waals surface area (Å²) in [6.45, 7) is 11.1. The number of fused-ring (bicyclic) bond motifs is 1. The van der Waals surface area contributed by atoms with E-state index in [2.05, 4.69) is 76.3 Å². The van der Waals surface area contributed by atoms with E-state index in [4.69, 9.17) is 11.1 Å². The first-order chi connectivity index (χ1) is 10.3. The zero-order chi connectivity index (χ0) is 16.1. The molecular formula is C20H23ClSi. The van der Waals surface area contributed by atoms with Gasteiger partial charge in [0.1, 0.15) is 0 Å². The standard InChI is InChI=1S/C20H23ClSi/c1-13-7-6-8-16(11-13)17-10-9-14(2)19-18(17)12-15(3)20(19)22(4,5)21/h6-12,20H,1-5H3. The lowest BCUT2D eigenvalue weighted by Gasteiger charge is -2.27. The first-order valence-electron chi connectivity index (χ1n) is 7.86. The number of hydrogen-bond acceptors (Lipinski definition) is 0. The Bertz CT molecular complexity index is 766. The average molecular weight is 327 g/mol. The van der Waals surface area contributed by atoms with Gasteiger partial charge in [-0.1, -0.05) is 66.7 Å². The molecule has 0 aliphatic heterocycles. The van der Waals surface area contributed by atoms with Gasteiger partial charge in [0.25, 0.3) is 0 Å². The third kappa shape index (κ3) is 2.57. The Balaban J connectivity index is 2.25. The molecular weight excluding hydrogens is 304 g/mol. The van der Waals surface area contributed by atoms with Crippen LogP contribution in [0.2, 0.25) is 13.1 Å². The molecule has 0 saturated heterocycles. The van der Waals surface area contributed by atoms with Crippen LogP contribution in [0.4, 0.5) is 0 Å². The zero-order valence-electron chi connectivity index (χ0n) is 14.0. The minimum absolute atomic E-state index is 0.425. The Hall–Kier alpha value is -1.31. The summed E-state index contributed by atoms with van der Waals surface area (Å²) < 4.78 is 0. The minimum Gasteiger partial charge on any atom is -0.167 e. The van der Waals surface area contributed by atoms with Crippen molar-refractivity contribution in [1.29, 1.82) is 0 Å². The molecule has 0 radical (unpaired) electrons. The summed E-state index contributed by atoms with van der Waals surface area (Å²) >= 11 is 6.86. The summed E-state index contributed by atoms with van der Waals surface area (Å²) in [6, 6.07) is 13.3. The molecule has 0 bridgehead atoms. The van der Waals surface area contributed by atoms with Crippen LogP contribution in [-0.4, -0.2) is 7.38 Å². The van der Waals surface area contributed by atoms with Gasteiger partial charge in [-0.15, -0.1) is 0 Å². The van der Waals surface area contributed by atoms with Crippen molar-refractivity contribution in [2.24, 2.45) is 0 Å². The van der Waals surface area contributed by atoms with Crippen LogP contribution in [-0.2, 0) is 0 Å². The Kier molecular flexibility index (Phi) is 3.82. The molecule has 0 amide bonds. The molecule has 0 spiro atoms. The van der Waals surface area contributed by atoms with E-state index in [1.54, 1.807) is 0 Å². The van der Waals surface area contributed by atoms with Crippen LogP contribution in [0, 0.1) is 13.8 Å². The molecule has 1 atom stereocenters. The van der Waals surface area contributed by atoms with Crippen molar-refractivity contribution in [3.63, 3.8) is 0 Å². The number of aryl methyl sites for hydroxylation is 2. The van der Waals surface area contributed by atoms with Gasteiger partial charge in [0.2, 0.25) is 0 Å². The summed E-state index contributed by atoms with van der Waals surface area (Å²) in [7, 11) is -1.80. The van der Waals surface area contributed by atoms with E-state index in [9.17, 15) is 0 Å². The lowest BCUT2D eigenvalue weighted by Crippen LogP contribution is -2.28. The molecule has 2 aromatic carbocycles. The fraction of sp³-hybridized carbons (Fsp3) is 0.300. The van der Waals surface area contributed by atoms with E-state index in [1.807, 2.05) is 0 Å². The third-order valence-corrected chi connectivity index (χ3v) is 7.41. The smallest absolute Gasteiger partial charge is 0.161 e. The molecule has 0 N–H and O–H groups in total. The van der Waals surface area contributed by atoms with Crippen LogP contribution in [0.5, 0.6) is 0 Å². The highest BCUT2D eigenvalue weighted by atomic mass is 35.6. The Labute approximate surface area is 139 Å². The molecule has 0 nitrogen and oxygen atoms in total. The maximum atomic E-state index is 6.86. The van der Waals surface area contributed by atoms with Gasteiger partial charge in [-0.05, 0) is 48.6 Å². The van der Waals surface area contributed by atoms with Crippen LogP contribution < -0.4 is 0 Å². The molecule has 1 aliphatic carbocycles. The molecule has 1 unspecified atom stereocenters. The Morgan fingerprint density at radius 3 is 2.36 bits per heavy atom. The van der Waals surface area contributed by atoms with Crippen LogP contribution in [0.3, 0.4) is 0 Å². The fourth-order valence-electron chi connectivity index (χ4n) is 3.77. The molecule has 0 heterocycles. The molecule has 2 heteroatoms. The van der Waals surface area contributed by atoms with Crippen molar-refractivity contribution in [2.75, 3.05) is 0 Å². The summed E-state index contributed by atoms with van der Waals surface area (Å²) in [5, 5.41) is 0. The molecule has 0 fully saturated rings. The molecule has 0 saturated carbocycles. The van der Waals surface area contributed by atoms with Crippen molar-refractivity contribution < 1.29 is 0 Å². The highest BCUT2D eigenvalue weighted by Crippen LogP contribution is 2.47.